The highest BCUT2D eigenvalue weighted by atomic mass is 16.1. The Labute approximate surface area is 107 Å². The summed E-state index contributed by atoms with van der Waals surface area (Å²) in [5.74, 6) is 0.0626. The molecule has 3 nitrogen and oxygen atoms in total. The number of nitrogens with zero attached hydrogens (tertiary/aromatic N) is 1. The number of carbonyl (C=O) groups is 1. The minimum atomic E-state index is 0.0626. The Kier molecular flexibility index (Phi) is 2.82. The summed E-state index contributed by atoms with van der Waals surface area (Å²) in [5, 5.41) is 4.24. The molecule has 3 rings (SSSR count). The molecule has 0 bridgehead atoms. The maximum Gasteiger partial charge on any atom is 0.251 e. The molecule has 18 heavy (non-hydrogen) atoms. The second kappa shape index (κ2) is 4.48. The first-order valence-corrected chi connectivity index (χ1v) is 6.60. The summed E-state index contributed by atoms with van der Waals surface area (Å²) in [6, 6.07) is 8.32. The van der Waals surface area contributed by atoms with Gasteiger partial charge in [0.15, 0.2) is 0 Å². The number of fused-ring (bicyclic) bond motifs is 1. The molecule has 1 aromatic heterocycles. The van der Waals surface area contributed by atoms with E-state index in [2.05, 4.69) is 9.88 Å². The molecule has 94 valence electrons. The average Bonchev–Trinajstić information content (AvgIpc) is 2.99. The molecule has 0 saturated heterocycles. The van der Waals surface area contributed by atoms with Gasteiger partial charge in [0, 0.05) is 35.8 Å². The summed E-state index contributed by atoms with van der Waals surface area (Å²) in [5.41, 5.74) is 1.92. The monoisotopic (exact) mass is 242 g/mol. The Morgan fingerprint density at radius 3 is 2.83 bits per heavy atom. The summed E-state index contributed by atoms with van der Waals surface area (Å²) < 4.78 is 2.06. The first kappa shape index (κ1) is 11.3. The van der Waals surface area contributed by atoms with E-state index >= 15 is 0 Å². The van der Waals surface area contributed by atoms with E-state index in [1.165, 1.54) is 12.8 Å². The lowest BCUT2D eigenvalue weighted by atomic mass is 10.1. The predicted molar refractivity (Wildman–Crippen MR) is 72.6 cm³/mol. The Bertz CT molecular complexity index is 579. The molecule has 0 unspecified atom stereocenters. The van der Waals surface area contributed by atoms with Crippen molar-refractivity contribution in [3.8, 4) is 0 Å². The molecule has 1 heterocycles. The molecular weight excluding hydrogens is 224 g/mol. The zero-order valence-corrected chi connectivity index (χ0v) is 10.6. The lowest BCUT2D eigenvalue weighted by molar-refractivity contribution is 0.0938. The van der Waals surface area contributed by atoms with Gasteiger partial charge >= 0.3 is 0 Å². The Hall–Kier alpha value is -1.77. The van der Waals surface area contributed by atoms with E-state index in [-0.39, 0.29) is 5.91 Å². The number of carbonyl (C=O) groups excluding carboxylic acids is 1. The van der Waals surface area contributed by atoms with Crippen LogP contribution in [0.1, 0.15) is 36.0 Å². The standard InChI is InChI=1S/C15H18N2O/c1-17-9-8-11-10-12(6-7-14(11)17)15(18)16-13-4-2-3-5-13/h6-10,13H,2-5H2,1H3,(H,16,18). The second-order valence-electron chi connectivity index (χ2n) is 5.16. The summed E-state index contributed by atoms with van der Waals surface area (Å²) in [6.45, 7) is 0. The molecule has 1 aliphatic carbocycles. The average molecular weight is 242 g/mol. The number of rotatable bonds is 2. The highest BCUT2D eigenvalue weighted by Gasteiger charge is 2.18. The van der Waals surface area contributed by atoms with Crippen molar-refractivity contribution in [2.24, 2.45) is 7.05 Å². The van der Waals surface area contributed by atoms with Crippen LogP contribution in [0.15, 0.2) is 30.5 Å². The zero-order chi connectivity index (χ0) is 12.5. The third-order valence-corrected chi connectivity index (χ3v) is 3.84. The van der Waals surface area contributed by atoms with Crippen molar-refractivity contribution in [3.05, 3.63) is 36.0 Å². The minimum Gasteiger partial charge on any atom is -0.351 e. The van der Waals surface area contributed by atoms with Gasteiger partial charge in [-0.15, -0.1) is 0 Å². The highest BCUT2D eigenvalue weighted by Crippen LogP contribution is 2.20. The number of hydrogen-bond donors (Lipinski definition) is 1. The van der Waals surface area contributed by atoms with E-state index in [1.807, 2.05) is 37.5 Å². The fourth-order valence-electron chi connectivity index (χ4n) is 2.76. The van der Waals surface area contributed by atoms with Gasteiger partial charge in [0.2, 0.25) is 0 Å². The van der Waals surface area contributed by atoms with E-state index in [4.69, 9.17) is 0 Å². The van der Waals surface area contributed by atoms with Gasteiger partial charge in [-0.1, -0.05) is 12.8 Å². The van der Waals surface area contributed by atoms with Crippen LogP contribution in [0.25, 0.3) is 10.9 Å². The lowest BCUT2D eigenvalue weighted by Gasteiger charge is -2.11. The van der Waals surface area contributed by atoms with Gasteiger partial charge in [-0.05, 0) is 37.1 Å². The summed E-state index contributed by atoms with van der Waals surface area (Å²) in [4.78, 5) is 12.1. The molecule has 1 saturated carbocycles. The largest absolute Gasteiger partial charge is 0.351 e. The van der Waals surface area contributed by atoms with Crippen molar-refractivity contribution in [1.82, 2.24) is 9.88 Å². The van der Waals surface area contributed by atoms with Gasteiger partial charge in [-0.25, -0.2) is 0 Å². The molecule has 1 N–H and O–H groups in total. The summed E-state index contributed by atoms with van der Waals surface area (Å²) >= 11 is 0. The van der Waals surface area contributed by atoms with Crippen molar-refractivity contribution in [1.29, 1.82) is 0 Å². The Balaban J connectivity index is 1.82. The van der Waals surface area contributed by atoms with Crippen molar-refractivity contribution in [2.45, 2.75) is 31.7 Å². The Morgan fingerprint density at radius 1 is 1.28 bits per heavy atom. The van der Waals surface area contributed by atoms with Gasteiger partial charge in [-0.3, -0.25) is 4.79 Å². The molecule has 3 heteroatoms. The van der Waals surface area contributed by atoms with Crippen molar-refractivity contribution in [3.63, 3.8) is 0 Å². The van der Waals surface area contributed by atoms with Gasteiger partial charge in [-0.2, -0.15) is 0 Å². The quantitative estimate of drug-likeness (QED) is 0.863. The number of benzene rings is 1. The van der Waals surface area contributed by atoms with E-state index in [1.54, 1.807) is 0 Å². The number of aryl methyl sites for hydroxylation is 1. The third kappa shape index (κ3) is 2.01. The van der Waals surface area contributed by atoms with Crippen molar-refractivity contribution in [2.75, 3.05) is 0 Å². The van der Waals surface area contributed by atoms with Crippen molar-refractivity contribution < 1.29 is 4.79 Å². The smallest absolute Gasteiger partial charge is 0.251 e. The molecule has 0 atom stereocenters. The van der Waals surface area contributed by atoms with Crippen LogP contribution in [-0.2, 0) is 7.05 Å². The van der Waals surface area contributed by atoms with Crippen LogP contribution in [0.5, 0.6) is 0 Å². The molecule has 0 radical (unpaired) electrons. The topological polar surface area (TPSA) is 34.0 Å². The molecular formula is C15H18N2O. The van der Waals surface area contributed by atoms with Crippen LogP contribution >= 0.6 is 0 Å². The van der Waals surface area contributed by atoms with Gasteiger partial charge in [0.25, 0.3) is 5.91 Å². The van der Waals surface area contributed by atoms with Crippen LogP contribution in [0, 0.1) is 0 Å². The van der Waals surface area contributed by atoms with Crippen LogP contribution in [0.4, 0.5) is 0 Å². The number of aromatic nitrogens is 1. The predicted octanol–water partition coefficient (Wildman–Crippen LogP) is 2.85. The SMILES string of the molecule is Cn1ccc2cc(C(=O)NC3CCCC3)ccc21. The first-order valence-electron chi connectivity index (χ1n) is 6.60. The maximum absolute atomic E-state index is 12.1. The fraction of sp³-hybridized carbons (Fsp3) is 0.400. The molecule has 0 aliphatic heterocycles. The highest BCUT2D eigenvalue weighted by molar-refractivity contribution is 5.98. The number of amides is 1. The van der Waals surface area contributed by atoms with Crippen LogP contribution in [0.2, 0.25) is 0 Å². The first-order chi connectivity index (χ1) is 8.74. The fourth-order valence-corrected chi connectivity index (χ4v) is 2.76. The number of hydrogen-bond acceptors (Lipinski definition) is 1. The van der Waals surface area contributed by atoms with Crippen LogP contribution in [-0.4, -0.2) is 16.5 Å². The van der Waals surface area contributed by atoms with E-state index < -0.39 is 0 Å². The molecule has 1 amide bonds. The lowest BCUT2D eigenvalue weighted by Crippen LogP contribution is -2.32. The van der Waals surface area contributed by atoms with E-state index in [0.29, 0.717) is 6.04 Å². The van der Waals surface area contributed by atoms with Gasteiger partial charge < -0.3 is 9.88 Å². The molecule has 0 spiro atoms. The van der Waals surface area contributed by atoms with E-state index in [9.17, 15) is 4.79 Å². The normalized spacial score (nSPS) is 16.3. The van der Waals surface area contributed by atoms with Gasteiger partial charge in [0.1, 0.15) is 0 Å². The second-order valence-corrected chi connectivity index (χ2v) is 5.16. The van der Waals surface area contributed by atoms with Crippen LogP contribution in [0.3, 0.4) is 0 Å². The van der Waals surface area contributed by atoms with Crippen LogP contribution < -0.4 is 5.32 Å². The zero-order valence-electron chi connectivity index (χ0n) is 10.6. The minimum absolute atomic E-state index is 0.0626. The van der Waals surface area contributed by atoms with E-state index in [0.717, 1.165) is 29.3 Å². The summed E-state index contributed by atoms with van der Waals surface area (Å²) in [6.07, 6.45) is 6.74. The molecule has 1 fully saturated rings. The maximum atomic E-state index is 12.1. The van der Waals surface area contributed by atoms with Crippen molar-refractivity contribution >= 4 is 16.8 Å². The van der Waals surface area contributed by atoms with Gasteiger partial charge in [0.05, 0.1) is 0 Å². The molecule has 2 aromatic rings. The molecule has 1 aliphatic rings. The summed E-state index contributed by atoms with van der Waals surface area (Å²) in [7, 11) is 2.01. The number of nitrogens with one attached hydrogen (secondary N) is 1. The third-order valence-electron chi connectivity index (χ3n) is 3.84. The Morgan fingerprint density at radius 2 is 2.06 bits per heavy atom. The molecule has 1 aromatic carbocycles.